The number of nitrogens with zero attached hydrogens (tertiary/aromatic N) is 2. The van der Waals surface area contributed by atoms with E-state index in [2.05, 4.69) is 4.98 Å². The summed E-state index contributed by atoms with van der Waals surface area (Å²) in [5.41, 5.74) is 2.29. The molecule has 5 nitrogen and oxygen atoms in total. The van der Waals surface area contributed by atoms with E-state index in [1.165, 1.54) is 11.3 Å². The van der Waals surface area contributed by atoms with Crippen LogP contribution in [0.15, 0.2) is 5.51 Å². The summed E-state index contributed by atoms with van der Waals surface area (Å²) in [4.78, 5) is 29.9. The Hall–Kier alpha value is -1.43. The molecular weight excluding hydrogens is 264 g/mol. The third-order valence-electron chi connectivity index (χ3n) is 3.30. The third-order valence-corrected chi connectivity index (χ3v) is 4.11. The van der Waals surface area contributed by atoms with Crippen molar-refractivity contribution in [1.29, 1.82) is 0 Å². The molecule has 0 saturated carbocycles. The van der Waals surface area contributed by atoms with E-state index in [4.69, 9.17) is 5.11 Å². The van der Waals surface area contributed by atoms with E-state index < -0.39 is 11.9 Å². The molecule has 2 heterocycles. The van der Waals surface area contributed by atoms with Gasteiger partial charge in [-0.05, 0) is 6.42 Å². The lowest BCUT2D eigenvalue weighted by Gasteiger charge is -2.20. The molecule has 1 amide bonds. The number of hydrogen-bond acceptors (Lipinski definition) is 4. The third kappa shape index (κ3) is 2.78. The average Bonchev–Trinajstić information content (AvgIpc) is 2.96. The van der Waals surface area contributed by atoms with Gasteiger partial charge >= 0.3 is 5.97 Å². The zero-order valence-corrected chi connectivity index (χ0v) is 12.2. The number of aromatic nitrogens is 1. The first kappa shape index (κ1) is 14.0. The Morgan fingerprint density at radius 1 is 1.47 bits per heavy atom. The highest BCUT2D eigenvalue weighted by Gasteiger charge is 2.34. The summed E-state index contributed by atoms with van der Waals surface area (Å²) in [5, 5.41) is 8.98. The zero-order valence-electron chi connectivity index (χ0n) is 11.3. The molecule has 0 aromatic carbocycles. The summed E-state index contributed by atoms with van der Waals surface area (Å²) in [6.07, 6.45) is 0.532. The van der Waals surface area contributed by atoms with Crippen LogP contribution >= 0.6 is 11.3 Å². The summed E-state index contributed by atoms with van der Waals surface area (Å²) in [5.74, 6) is -1.35. The molecule has 1 aliphatic rings. The lowest BCUT2D eigenvalue weighted by molar-refractivity contribution is -0.141. The molecule has 0 radical (unpaired) electrons. The molecule has 1 atom stereocenters. The standard InChI is InChI=1S/C13H18N2O3S/c1-13(2,3)10-9(19-7-14-10)11(16)15-5-4-8(6-15)12(17)18/h7-8H,4-6H2,1-3H3,(H,17,18)/t8-/m1/s1. The van der Waals surface area contributed by atoms with E-state index in [-0.39, 0.29) is 11.3 Å². The number of hydrogen-bond donors (Lipinski definition) is 1. The van der Waals surface area contributed by atoms with Gasteiger partial charge in [0.25, 0.3) is 5.91 Å². The minimum Gasteiger partial charge on any atom is -0.481 e. The molecule has 1 N–H and O–H groups in total. The van der Waals surface area contributed by atoms with Gasteiger partial charge in [0.2, 0.25) is 0 Å². The first-order valence-corrected chi connectivity index (χ1v) is 7.14. The second-order valence-corrected chi connectivity index (χ2v) is 6.71. The molecule has 6 heteroatoms. The highest BCUT2D eigenvalue weighted by Crippen LogP contribution is 2.29. The molecule has 2 rings (SSSR count). The first-order valence-electron chi connectivity index (χ1n) is 6.26. The number of aliphatic carboxylic acids is 1. The van der Waals surface area contributed by atoms with Crippen LogP contribution in [0.5, 0.6) is 0 Å². The van der Waals surface area contributed by atoms with E-state index >= 15 is 0 Å². The molecule has 0 bridgehead atoms. The highest BCUT2D eigenvalue weighted by molar-refractivity contribution is 7.11. The minimum absolute atomic E-state index is 0.0869. The molecule has 19 heavy (non-hydrogen) atoms. The second kappa shape index (κ2) is 4.92. The monoisotopic (exact) mass is 282 g/mol. The van der Waals surface area contributed by atoms with Gasteiger partial charge in [-0.1, -0.05) is 20.8 Å². The summed E-state index contributed by atoms with van der Waals surface area (Å²) < 4.78 is 0. The molecule has 104 valence electrons. The highest BCUT2D eigenvalue weighted by atomic mass is 32.1. The van der Waals surface area contributed by atoms with Crippen LogP contribution in [0.25, 0.3) is 0 Å². The van der Waals surface area contributed by atoms with Crippen LogP contribution in [0.4, 0.5) is 0 Å². The van der Waals surface area contributed by atoms with Crippen LogP contribution in [0, 0.1) is 5.92 Å². The first-order chi connectivity index (χ1) is 8.80. The molecule has 1 fully saturated rings. The maximum absolute atomic E-state index is 12.4. The maximum atomic E-state index is 12.4. The Bertz CT molecular complexity index is 504. The fourth-order valence-electron chi connectivity index (χ4n) is 2.22. The molecule has 0 spiro atoms. The number of rotatable bonds is 2. The van der Waals surface area contributed by atoms with Crippen LogP contribution in [0.3, 0.4) is 0 Å². The smallest absolute Gasteiger partial charge is 0.308 e. The predicted octanol–water partition coefficient (Wildman–Crippen LogP) is 1.99. The van der Waals surface area contributed by atoms with Crippen molar-refractivity contribution in [3.63, 3.8) is 0 Å². The van der Waals surface area contributed by atoms with Crippen molar-refractivity contribution in [2.75, 3.05) is 13.1 Å². The minimum atomic E-state index is -0.823. The quantitative estimate of drug-likeness (QED) is 0.900. The molecule has 0 unspecified atom stereocenters. The van der Waals surface area contributed by atoms with E-state index in [9.17, 15) is 9.59 Å². The van der Waals surface area contributed by atoms with Crippen molar-refractivity contribution in [3.05, 3.63) is 16.1 Å². The fourth-order valence-corrected chi connectivity index (χ4v) is 3.19. The van der Waals surface area contributed by atoms with Gasteiger partial charge in [-0.3, -0.25) is 9.59 Å². The fraction of sp³-hybridized carbons (Fsp3) is 0.615. The second-order valence-electron chi connectivity index (χ2n) is 5.86. The normalized spacial score (nSPS) is 19.7. The predicted molar refractivity (Wildman–Crippen MR) is 72.5 cm³/mol. The van der Waals surface area contributed by atoms with Gasteiger partial charge in [0.1, 0.15) is 4.88 Å². The lowest BCUT2D eigenvalue weighted by atomic mass is 9.91. The Kier molecular flexibility index (Phi) is 3.62. The van der Waals surface area contributed by atoms with E-state index in [1.807, 2.05) is 20.8 Å². The molecular formula is C13H18N2O3S. The van der Waals surface area contributed by atoms with Crippen molar-refractivity contribution in [3.8, 4) is 0 Å². The van der Waals surface area contributed by atoms with E-state index in [1.54, 1.807) is 10.4 Å². The summed E-state index contributed by atoms with van der Waals surface area (Å²) in [6.45, 7) is 6.86. The van der Waals surface area contributed by atoms with Crippen LogP contribution < -0.4 is 0 Å². The summed E-state index contributed by atoms with van der Waals surface area (Å²) in [7, 11) is 0. The van der Waals surface area contributed by atoms with Gasteiger partial charge in [0.15, 0.2) is 0 Å². The molecule has 1 aromatic heterocycles. The number of likely N-dealkylation sites (tertiary alicyclic amines) is 1. The molecule has 1 aromatic rings. The number of amides is 1. The number of thiazole rings is 1. The van der Waals surface area contributed by atoms with Crippen molar-refractivity contribution in [2.45, 2.75) is 32.6 Å². The topological polar surface area (TPSA) is 70.5 Å². The average molecular weight is 282 g/mol. The number of carbonyl (C=O) groups excluding carboxylic acids is 1. The van der Waals surface area contributed by atoms with Gasteiger partial charge in [-0.2, -0.15) is 0 Å². The molecule has 0 aliphatic carbocycles. The number of carboxylic acid groups (broad SMARTS) is 1. The van der Waals surface area contributed by atoms with Gasteiger partial charge < -0.3 is 10.0 Å². The molecule has 1 saturated heterocycles. The maximum Gasteiger partial charge on any atom is 0.308 e. The lowest BCUT2D eigenvalue weighted by Crippen LogP contribution is -2.31. The summed E-state index contributed by atoms with van der Waals surface area (Å²) in [6, 6.07) is 0. The van der Waals surface area contributed by atoms with Crippen LogP contribution in [0.2, 0.25) is 0 Å². The largest absolute Gasteiger partial charge is 0.481 e. The number of carbonyl (C=O) groups is 2. The van der Waals surface area contributed by atoms with Crippen LogP contribution in [-0.4, -0.2) is 40.0 Å². The van der Waals surface area contributed by atoms with Gasteiger partial charge in [0, 0.05) is 18.5 Å². The van der Waals surface area contributed by atoms with Crippen LogP contribution in [0.1, 0.15) is 42.6 Å². The van der Waals surface area contributed by atoms with Crippen LogP contribution in [-0.2, 0) is 10.2 Å². The van der Waals surface area contributed by atoms with Crippen molar-refractivity contribution >= 4 is 23.2 Å². The molecule has 1 aliphatic heterocycles. The van der Waals surface area contributed by atoms with Gasteiger partial charge in [-0.15, -0.1) is 11.3 Å². The van der Waals surface area contributed by atoms with Gasteiger partial charge in [-0.25, -0.2) is 4.98 Å². The number of carboxylic acids is 1. The van der Waals surface area contributed by atoms with Crippen molar-refractivity contribution < 1.29 is 14.7 Å². The Morgan fingerprint density at radius 2 is 2.16 bits per heavy atom. The summed E-state index contributed by atoms with van der Waals surface area (Å²) >= 11 is 1.33. The Labute approximate surface area is 116 Å². The Balaban J connectivity index is 2.18. The Morgan fingerprint density at radius 3 is 2.68 bits per heavy atom. The zero-order chi connectivity index (χ0) is 14.2. The van der Waals surface area contributed by atoms with Crippen molar-refractivity contribution in [1.82, 2.24) is 9.88 Å². The van der Waals surface area contributed by atoms with Gasteiger partial charge in [0.05, 0.1) is 17.1 Å². The van der Waals surface area contributed by atoms with E-state index in [0.29, 0.717) is 24.4 Å². The SMILES string of the molecule is CC(C)(C)c1ncsc1C(=O)N1CC[C@@H](C(=O)O)C1. The van der Waals surface area contributed by atoms with E-state index in [0.717, 1.165) is 5.69 Å². The van der Waals surface area contributed by atoms with Crippen molar-refractivity contribution in [2.24, 2.45) is 5.92 Å².